The molecule has 0 unspecified atom stereocenters. The minimum absolute atomic E-state index is 0.399. The molecule has 0 bridgehead atoms. The predicted octanol–water partition coefficient (Wildman–Crippen LogP) is 3.03. The molecule has 0 spiro atoms. The van der Waals surface area contributed by atoms with Crippen LogP contribution in [0.3, 0.4) is 0 Å². The van der Waals surface area contributed by atoms with Gasteiger partial charge in [0.1, 0.15) is 17.1 Å². The Hall–Kier alpha value is -2.35. The lowest BCUT2D eigenvalue weighted by Gasteiger charge is -2.04. The van der Waals surface area contributed by atoms with E-state index in [-0.39, 0.29) is 0 Å². The third-order valence-electron chi connectivity index (χ3n) is 3.96. The van der Waals surface area contributed by atoms with Crippen LogP contribution in [0.25, 0.3) is 5.78 Å². The number of hydrogen-bond donors (Lipinski definition) is 0. The first-order valence-electron chi connectivity index (χ1n) is 7.41. The maximum absolute atomic E-state index is 11.6. The monoisotopic (exact) mass is 346 g/mol. The fourth-order valence-corrected chi connectivity index (χ4v) is 3.06. The predicted molar refractivity (Wildman–Crippen MR) is 89.3 cm³/mol. The van der Waals surface area contributed by atoms with Crippen LogP contribution in [0.1, 0.15) is 38.8 Å². The Morgan fingerprint density at radius 2 is 2.04 bits per heavy atom. The maximum atomic E-state index is 11.6. The summed E-state index contributed by atoms with van der Waals surface area (Å²) in [6.45, 7) is 7.72. The molecule has 24 heavy (non-hydrogen) atoms. The highest BCUT2D eigenvalue weighted by molar-refractivity contribution is 7.98. The zero-order chi connectivity index (χ0) is 17.4. The summed E-state index contributed by atoms with van der Waals surface area (Å²) in [5.41, 5.74) is 3.53. The topological polar surface area (TPSA) is 82.5 Å². The van der Waals surface area contributed by atoms with Gasteiger partial charge in [-0.3, -0.25) is 0 Å². The molecule has 0 amide bonds. The molecule has 7 nitrogen and oxygen atoms in total. The molecule has 0 fully saturated rings. The summed E-state index contributed by atoms with van der Waals surface area (Å²) < 4.78 is 12.1. The van der Waals surface area contributed by atoms with Gasteiger partial charge in [0.05, 0.1) is 12.9 Å². The highest BCUT2D eigenvalue weighted by atomic mass is 32.2. The molecule has 0 aromatic carbocycles. The first-order chi connectivity index (χ1) is 11.4. The zero-order valence-corrected chi connectivity index (χ0v) is 15.0. The number of methoxy groups -OCH3 is 1. The lowest BCUT2D eigenvalue weighted by atomic mass is 10.2. The molecule has 126 valence electrons. The molecule has 3 heterocycles. The number of aryl methyl sites for hydroxylation is 3. The Morgan fingerprint density at radius 3 is 2.75 bits per heavy atom. The van der Waals surface area contributed by atoms with E-state index >= 15 is 0 Å². The van der Waals surface area contributed by atoms with Crippen molar-refractivity contribution >= 4 is 23.5 Å². The molecule has 3 aromatic rings. The molecular formula is C16H18N4O3S. The standard InChI is InChI=1S/C16H18N4O3S/c1-8-9(2)17-15-18-16(19-20(15)10(8)3)24-7-12-6-13(11(4)23-12)14(21)22-5/h6H,7H2,1-5H3. The van der Waals surface area contributed by atoms with Crippen molar-refractivity contribution < 1.29 is 13.9 Å². The molecule has 0 saturated heterocycles. The molecule has 3 aromatic heterocycles. The van der Waals surface area contributed by atoms with Crippen molar-refractivity contribution in [2.45, 2.75) is 38.6 Å². The highest BCUT2D eigenvalue weighted by Crippen LogP contribution is 2.24. The number of carbonyl (C=O) groups is 1. The number of esters is 1. The number of nitrogens with zero attached hydrogens (tertiary/aromatic N) is 4. The van der Waals surface area contributed by atoms with Crippen LogP contribution >= 0.6 is 11.8 Å². The minimum atomic E-state index is -0.399. The average molecular weight is 346 g/mol. The highest BCUT2D eigenvalue weighted by Gasteiger charge is 2.16. The van der Waals surface area contributed by atoms with E-state index in [1.54, 1.807) is 17.5 Å². The van der Waals surface area contributed by atoms with E-state index in [2.05, 4.69) is 15.1 Å². The third-order valence-corrected chi connectivity index (χ3v) is 4.82. The van der Waals surface area contributed by atoms with Gasteiger partial charge in [0.15, 0.2) is 0 Å². The van der Waals surface area contributed by atoms with E-state index in [4.69, 9.17) is 9.15 Å². The summed E-state index contributed by atoms with van der Waals surface area (Å²) in [7, 11) is 1.35. The number of rotatable bonds is 4. The molecule has 0 aliphatic carbocycles. The molecule has 0 radical (unpaired) electrons. The Balaban J connectivity index is 1.81. The van der Waals surface area contributed by atoms with Gasteiger partial charge in [-0.1, -0.05) is 11.8 Å². The van der Waals surface area contributed by atoms with Crippen LogP contribution in [0.15, 0.2) is 15.6 Å². The third kappa shape index (κ3) is 2.89. The second-order valence-electron chi connectivity index (χ2n) is 5.48. The fraction of sp³-hybridized carbons (Fsp3) is 0.375. The maximum Gasteiger partial charge on any atom is 0.341 e. The van der Waals surface area contributed by atoms with Gasteiger partial charge in [0.25, 0.3) is 5.78 Å². The number of furan rings is 1. The largest absolute Gasteiger partial charge is 0.465 e. The zero-order valence-electron chi connectivity index (χ0n) is 14.2. The Bertz CT molecular complexity index is 929. The van der Waals surface area contributed by atoms with Crippen molar-refractivity contribution in [3.8, 4) is 0 Å². The van der Waals surface area contributed by atoms with E-state index in [1.165, 1.54) is 18.9 Å². The second kappa shape index (κ2) is 6.27. The molecule has 0 atom stereocenters. The number of hydrogen-bond acceptors (Lipinski definition) is 7. The average Bonchev–Trinajstić information content (AvgIpc) is 3.13. The van der Waals surface area contributed by atoms with Gasteiger partial charge in [-0.15, -0.1) is 5.10 Å². The van der Waals surface area contributed by atoms with Crippen molar-refractivity contribution in [3.63, 3.8) is 0 Å². The van der Waals surface area contributed by atoms with Crippen LogP contribution in [0.2, 0.25) is 0 Å². The molecule has 8 heteroatoms. The van der Waals surface area contributed by atoms with E-state index in [1.807, 2.05) is 20.8 Å². The van der Waals surface area contributed by atoms with Crippen LogP contribution in [0.5, 0.6) is 0 Å². The van der Waals surface area contributed by atoms with Crippen LogP contribution in [0.4, 0.5) is 0 Å². The van der Waals surface area contributed by atoms with Crippen molar-refractivity contribution in [2.24, 2.45) is 0 Å². The van der Waals surface area contributed by atoms with Gasteiger partial charge in [-0.2, -0.15) is 4.98 Å². The van der Waals surface area contributed by atoms with E-state index in [0.29, 0.717) is 33.8 Å². The van der Waals surface area contributed by atoms with Crippen LogP contribution < -0.4 is 0 Å². The Morgan fingerprint density at radius 1 is 1.29 bits per heavy atom. The Labute approximate surface area is 143 Å². The molecule has 0 aliphatic rings. The summed E-state index contributed by atoms with van der Waals surface area (Å²) in [4.78, 5) is 20.5. The van der Waals surface area contributed by atoms with Crippen molar-refractivity contribution in [1.82, 2.24) is 19.6 Å². The van der Waals surface area contributed by atoms with Gasteiger partial charge < -0.3 is 9.15 Å². The van der Waals surface area contributed by atoms with Crippen molar-refractivity contribution in [2.75, 3.05) is 7.11 Å². The van der Waals surface area contributed by atoms with Crippen LogP contribution in [0, 0.1) is 27.7 Å². The van der Waals surface area contributed by atoms with E-state index in [9.17, 15) is 4.79 Å². The number of ether oxygens (including phenoxy) is 1. The summed E-state index contributed by atoms with van der Waals surface area (Å²) in [6, 6.07) is 1.70. The van der Waals surface area contributed by atoms with Gasteiger partial charge in [0.2, 0.25) is 5.16 Å². The minimum Gasteiger partial charge on any atom is -0.465 e. The number of aromatic nitrogens is 4. The first kappa shape index (κ1) is 16.5. The molecular weight excluding hydrogens is 328 g/mol. The lowest BCUT2D eigenvalue weighted by molar-refractivity contribution is 0.0599. The summed E-state index contributed by atoms with van der Waals surface area (Å²) in [5.74, 6) is 1.93. The van der Waals surface area contributed by atoms with Gasteiger partial charge in [-0.25, -0.2) is 14.3 Å². The lowest BCUT2D eigenvalue weighted by Crippen LogP contribution is -2.02. The van der Waals surface area contributed by atoms with Gasteiger partial charge in [-0.05, 0) is 39.3 Å². The fourth-order valence-electron chi connectivity index (χ4n) is 2.36. The molecule has 3 rings (SSSR count). The van der Waals surface area contributed by atoms with E-state index < -0.39 is 5.97 Å². The van der Waals surface area contributed by atoms with Crippen LogP contribution in [-0.4, -0.2) is 32.7 Å². The second-order valence-corrected chi connectivity index (χ2v) is 6.42. The van der Waals surface area contributed by atoms with E-state index in [0.717, 1.165) is 17.0 Å². The summed E-state index contributed by atoms with van der Waals surface area (Å²) in [6.07, 6.45) is 0. The normalized spacial score (nSPS) is 11.2. The smallest absolute Gasteiger partial charge is 0.341 e. The van der Waals surface area contributed by atoms with Gasteiger partial charge in [0, 0.05) is 11.4 Å². The Kier molecular flexibility index (Phi) is 4.31. The van der Waals surface area contributed by atoms with Crippen molar-refractivity contribution in [3.05, 3.63) is 40.1 Å². The molecule has 0 saturated carbocycles. The summed E-state index contributed by atoms with van der Waals surface area (Å²) >= 11 is 1.43. The quantitative estimate of drug-likeness (QED) is 0.530. The number of carbonyl (C=O) groups excluding carboxylic acids is 1. The molecule has 0 aliphatic heterocycles. The van der Waals surface area contributed by atoms with Crippen LogP contribution in [-0.2, 0) is 10.5 Å². The van der Waals surface area contributed by atoms with Crippen molar-refractivity contribution in [1.29, 1.82) is 0 Å². The summed E-state index contributed by atoms with van der Waals surface area (Å²) in [5, 5.41) is 5.10. The number of thioether (sulfide) groups is 1. The SMILES string of the molecule is COC(=O)c1cc(CSc2nc3nc(C)c(C)c(C)n3n2)oc1C. The van der Waals surface area contributed by atoms with Gasteiger partial charge >= 0.3 is 5.97 Å². The molecule has 0 N–H and O–H groups in total. The number of fused-ring (bicyclic) bond motifs is 1. The first-order valence-corrected chi connectivity index (χ1v) is 8.40.